The Morgan fingerprint density at radius 2 is 2.11 bits per heavy atom. The van der Waals surface area contributed by atoms with E-state index >= 15 is 0 Å². The summed E-state index contributed by atoms with van der Waals surface area (Å²) in [6, 6.07) is 6.23. The van der Waals surface area contributed by atoms with E-state index in [1.807, 2.05) is 6.07 Å². The third kappa shape index (κ3) is 4.52. The van der Waals surface area contributed by atoms with E-state index in [-0.39, 0.29) is 0 Å². The molecule has 3 heterocycles. The molecule has 9 heteroatoms. The third-order valence-corrected chi connectivity index (χ3v) is 6.19. The number of hydrogen-bond donors (Lipinski definition) is 2. The minimum atomic E-state index is 0.714. The molecule has 142 valence electrons. The van der Waals surface area contributed by atoms with Gasteiger partial charge in [0.2, 0.25) is 0 Å². The lowest BCUT2D eigenvalue weighted by Gasteiger charge is -2.26. The topological polar surface area (TPSA) is 75.2 Å². The summed E-state index contributed by atoms with van der Waals surface area (Å²) in [5.41, 5.74) is 2.93. The molecule has 4 rings (SSSR count). The standard InChI is InChI=1S/C18H23N6OPS/c1-12-10-13(2-3-14(12)26)22-16-15-17(21-11-20-16)23-18(27-15)19-4-5-24-6-8-25-9-7-24/h2-3,10-11H,4-9,26H2,1H3,(H2,19,20,21,22,23). The monoisotopic (exact) mass is 402 g/mol. The number of benzene rings is 1. The molecule has 0 aliphatic carbocycles. The van der Waals surface area contributed by atoms with Crippen LogP contribution in [0.15, 0.2) is 24.5 Å². The van der Waals surface area contributed by atoms with Crippen LogP contribution in [0.4, 0.5) is 16.6 Å². The molecule has 0 amide bonds. The maximum Gasteiger partial charge on any atom is 0.185 e. The Morgan fingerprint density at radius 1 is 1.26 bits per heavy atom. The van der Waals surface area contributed by atoms with Crippen molar-refractivity contribution in [3.05, 3.63) is 30.1 Å². The Morgan fingerprint density at radius 3 is 2.93 bits per heavy atom. The van der Waals surface area contributed by atoms with E-state index in [1.54, 1.807) is 17.7 Å². The van der Waals surface area contributed by atoms with Gasteiger partial charge in [0.15, 0.2) is 16.6 Å². The molecule has 0 bridgehead atoms. The Kier molecular flexibility index (Phi) is 5.78. The molecular weight excluding hydrogens is 379 g/mol. The molecule has 1 aliphatic rings. The van der Waals surface area contributed by atoms with Crippen molar-refractivity contribution in [2.75, 3.05) is 50.0 Å². The Hall–Kier alpha value is -1.86. The second-order valence-electron chi connectivity index (χ2n) is 6.47. The number of nitrogens with one attached hydrogen (secondary N) is 2. The maximum absolute atomic E-state index is 5.38. The van der Waals surface area contributed by atoms with Gasteiger partial charge in [0.05, 0.1) is 13.2 Å². The van der Waals surface area contributed by atoms with Gasteiger partial charge in [0.25, 0.3) is 0 Å². The second-order valence-corrected chi connectivity index (χ2v) is 8.09. The van der Waals surface area contributed by atoms with E-state index in [0.717, 1.165) is 60.7 Å². The first-order valence-corrected chi connectivity index (χ1v) is 10.4. The summed E-state index contributed by atoms with van der Waals surface area (Å²) >= 11 is 1.58. The molecule has 7 nitrogen and oxygen atoms in total. The maximum atomic E-state index is 5.38. The van der Waals surface area contributed by atoms with Crippen LogP contribution in [0, 0.1) is 6.92 Å². The highest BCUT2D eigenvalue weighted by Crippen LogP contribution is 2.31. The fraction of sp³-hybridized carbons (Fsp3) is 0.389. The van der Waals surface area contributed by atoms with Crippen molar-refractivity contribution < 1.29 is 4.74 Å². The lowest BCUT2D eigenvalue weighted by atomic mass is 10.2. The molecule has 27 heavy (non-hydrogen) atoms. The van der Waals surface area contributed by atoms with E-state index in [0.29, 0.717) is 5.65 Å². The summed E-state index contributed by atoms with van der Waals surface area (Å²) in [5.74, 6) is 0.787. The van der Waals surface area contributed by atoms with Crippen molar-refractivity contribution in [2.45, 2.75) is 6.92 Å². The van der Waals surface area contributed by atoms with E-state index in [9.17, 15) is 0 Å². The molecular formula is C18H23N6OPS. The molecule has 2 aromatic heterocycles. The van der Waals surface area contributed by atoms with Gasteiger partial charge >= 0.3 is 0 Å². The van der Waals surface area contributed by atoms with Gasteiger partial charge in [0, 0.05) is 31.9 Å². The van der Waals surface area contributed by atoms with Gasteiger partial charge < -0.3 is 15.4 Å². The van der Waals surface area contributed by atoms with Crippen molar-refractivity contribution >= 4 is 52.9 Å². The molecule has 1 atom stereocenters. The molecule has 2 N–H and O–H groups in total. The normalized spacial score (nSPS) is 15.2. The van der Waals surface area contributed by atoms with Crippen molar-refractivity contribution in [1.29, 1.82) is 0 Å². The van der Waals surface area contributed by atoms with E-state index in [2.05, 4.69) is 58.8 Å². The van der Waals surface area contributed by atoms with Crippen LogP contribution in [0.25, 0.3) is 10.3 Å². The number of aromatic nitrogens is 3. The molecule has 0 radical (unpaired) electrons. The predicted octanol–water partition coefficient (Wildman–Crippen LogP) is 2.38. The van der Waals surface area contributed by atoms with Crippen LogP contribution >= 0.6 is 20.6 Å². The van der Waals surface area contributed by atoms with Gasteiger partial charge in [-0.25, -0.2) is 9.97 Å². The van der Waals surface area contributed by atoms with E-state index in [4.69, 9.17) is 4.74 Å². The van der Waals surface area contributed by atoms with Gasteiger partial charge in [-0.3, -0.25) is 4.90 Å². The number of anilines is 3. The molecule has 0 saturated carbocycles. The molecule has 3 aromatic rings. The average Bonchev–Trinajstić information content (AvgIpc) is 3.10. The smallest absolute Gasteiger partial charge is 0.185 e. The molecule has 1 aromatic carbocycles. The first kappa shape index (κ1) is 18.5. The lowest BCUT2D eigenvalue weighted by Crippen LogP contribution is -2.38. The number of nitrogens with zero attached hydrogens (tertiary/aromatic N) is 4. The Bertz CT molecular complexity index is 927. The quantitative estimate of drug-likeness (QED) is 0.613. The van der Waals surface area contributed by atoms with Crippen LogP contribution in [0.3, 0.4) is 0 Å². The zero-order chi connectivity index (χ0) is 18.6. The van der Waals surface area contributed by atoms with Crippen LogP contribution in [-0.4, -0.2) is 59.2 Å². The summed E-state index contributed by atoms with van der Waals surface area (Å²) in [6.45, 7) is 7.56. The lowest BCUT2D eigenvalue weighted by molar-refractivity contribution is 0.0398. The van der Waals surface area contributed by atoms with Gasteiger partial charge in [-0.15, -0.1) is 9.24 Å². The largest absolute Gasteiger partial charge is 0.379 e. The highest BCUT2D eigenvalue weighted by atomic mass is 32.1. The van der Waals surface area contributed by atoms with Crippen molar-refractivity contribution in [3.8, 4) is 0 Å². The van der Waals surface area contributed by atoms with Crippen LogP contribution in [0.5, 0.6) is 0 Å². The average molecular weight is 402 g/mol. The fourth-order valence-corrected chi connectivity index (χ4v) is 4.02. The molecule has 1 saturated heterocycles. The number of hydrogen-bond acceptors (Lipinski definition) is 8. The summed E-state index contributed by atoms with van der Waals surface area (Å²) in [5, 5.41) is 8.88. The van der Waals surface area contributed by atoms with Crippen LogP contribution in [-0.2, 0) is 4.74 Å². The number of aryl methyl sites for hydroxylation is 1. The van der Waals surface area contributed by atoms with Crippen molar-refractivity contribution in [2.24, 2.45) is 0 Å². The van der Waals surface area contributed by atoms with Gasteiger partial charge in [-0.05, 0) is 29.9 Å². The number of morpholine rings is 1. The molecule has 1 unspecified atom stereocenters. The number of thiazole rings is 1. The van der Waals surface area contributed by atoms with E-state index in [1.165, 1.54) is 10.9 Å². The molecule has 1 aliphatic heterocycles. The number of ether oxygens (including phenoxy) is 1. The summed E-state index contributed by atoms with van der Waals surface area (Å²) in [4.78, 5) is 15.7. The van der Waals surface area contributed by atoms with Crippen molar-refractivity contribution in [1.82, 2.24) is 19.9 Å². The predicted molar refractivity (Wildman–Crippen MR) is 115 cm³/mol. The van der Waals surface area contributed by atoms with Gasteiger partial charge in [0.1, 0.15) is 11.0 Å². The summed E-state index contributed by atoms with van der Waals surface area (Å²) < 4.78 is 6.34. The third-order valence-electron chi connectivity index (χ3n) is 4.53. The minimum Gasteiger partial charge on any atom is -0.379 e. The number of rotatable bonds is 6. The summed E-state index contributed by atoms with van der Waals surface area (Å²) in [7, 11) is 2.74. The highest BCUT2D eigenvalue weighted by molar-refractivity contribution is 7.27. The van der Waals surface area contributed by atoms with Crippen LogP contribution < -0.4 is 15.9 Å². The zero-order valence-corrected chi connectivity index (χ0v) is 17.2. The first-order valence-electron chi connectivity index (χ1n) is 8.98. The van der Waals surface area contributed by atoms with Crippen LogP contribution in [0.1, 0.15) is 5.56 Å². The Labute approximate surface area is 164 Å². The zero-order valence-electron chi connectivity index (χ0n) is 15.2. The van der Waals surface area contributed by atoms with E-state index < -0.39 is 0 Å². The molecule has 0 spiro atoms. The highest BCUT2D eigenvalue weighted by Gasteiger charge is 2.13. The van der Waals surface area contributed by atoms with Gasteiger partial charge in [-0.1, -0.05) is 17.4 Å². The number of fused-ring (bicyclic) bond motifs is 1. The minimum absolute atomic E-state index is 0.714. The second kappa shape index (κ2) is 8.44. The first-order chi connectivity index (χ1) is 13.2. The van der Waals surface area contributed by atoms with Gasteiger partial charge in [-0.2, -0.15) is 4.98 Å². The Balaban J connectivity index is 1.45. The fourth-order valence-electron chi connectivity index (χ4n) is 2.95. The van der Waals surface area contributed by atoms with Crippen molar-refractivity contribution in [3.63, 3.8) is 0 Å². The summed E-state index contributed by atoms with van der Waals surface area (Å²) in [6.07, 6.45) is 1.55. The molecule has 1 fully saturated rings. The SMILES string of the molecule is Cc1cc(Nc2ncnc3nc(NCCN4CCOCC4)sc23)ccc1P. The van der Waals surface area contributed by atoms with Crippen LogP contribution in [0.2, 0.25) is 0 Å².